The first-order valence-corrected chi connectivity index (χ1v) is 5.62. The topological polar surface area (TPSA) is 95.9 Å². The van der Waals surface area contributed by atoms with E-state index in [1.807, 2.05) is 0 Å². The number of nitrogens with zero attached hydrogens (tertiary/aromatic N) is 1. The minimum Gasteiger partial charge on any atom is -0.482 e. The number of carboxylic acids is 1. The van der Waals surface area contributed by atoms with Crippen LogP contribution in [0.15, 0.2) is 24.3 Å². The minimum atomic E-state index is -1.06. The summed E-state index contributed by atoms with van der Waals surface area (Å²) in [6.07, 6.45) is 0.253. The highest BCUT2D eigenvalue weighted by molar-refractivity contribution is 6.05. The van der Waals surface area contributed by atoms with Crippen molar-refractivity contribution in [1.82, 2.24) is 5.32 Å². The van der Waals surface area contributed by atoms with Crippen LogP contribution in [0.25, 0.3) is 0 Å². The lowest BCUT2D eigenvalue weighted by atomic mass is 10.2. The number of anilines is 1. The average molecular weight is 264 g/mol. The van der Waals surface area contributed by atoms with Crippen molar-refractivity contribution in [2.75, 3.05) is 18.1 Å². The van der Waals surface area contributed by atoms with Crippen LogP contribution in [0.1, 0.15) is 6.42 Å². The van der Waals surface area contributed by atoms with Gasteiger partial charge in [0.15, 0.2) is 6.61 Å². The van der Waals surface area contributed by atoms with Crippen LogP contribution in [-0.2, 0) is 9.59 Å². The summed E-state index contributed by atoms with van der Waals surface area (Å²) in [6.45, 7) is -0.0992. The van der Waals surface area contributed by atoms with E-state index in [2.05, 4.69) is 5.32 Å². The number of urea groups is 1. The van der Waals surface area contributed by atoms with Gasteiger partial charge in [0.25, 0.3) is 0 Å². The zero-order valence-electron chi connectivity index (χ0n) is 9.96. The van der Waals surface area contributed by atoms with E-state index in [-0.39, 0.29) is 12.3 Å². The van der Waals surface area contributed by atoms with Crippen LogP contribution in [0.4, 0.5) is 10.5 Å². The summed E-state index contributed by atoms with van der Waals surface area (Å²) in [4.78, 5) is 34.4. The monoisotopic (exact) mass is 264 g/mol. The smallest absolute Gasteiger partial charge is 0.341 e. The molecular formula is C12H12N2O5. The molecule has 2 rings (SSSR count). The molecule has 1 aliphatic heterocycles. The fraction of sp³-hybridized carbons (Fsp3) is 0.250. The Labute approximate surface area is 108 Å². The number of carbonyl (C=O) groups excluding carboxylic acids is 2. The molecule has 19 heavy (non-hydrogen) atoms. The summed E-state index contributed by atoms with van der Waals surface area (Å²) in [6, 6.07) is 5.94. The molecule has 0 aromatic heterocycles. The molecule has 3 amide bonds. The third-order valence-electron chi connectivity index (χ3n) is 2.56. The summed E-state index contributed by atoms with van der Waals surface area (Å²) in [5.74, 6) is -0.944. The number of amides is 3. The number of aliphatic carboxylic acids is 1. The van der Waals surface area contributed by atoms with E-state index in [1.54, 1.807) is 24.3 Å². The molecule has 0 spiro atoms. The molecule has 1 aromatic rings. The number of imide groups is 1. The Morgan fingerprint density at radius 2 is 2.00 bits per heavy atom. The lowest BCUT2D eigenvalue weighted by Gasteiger charge is -2.26. The lowest BCUT2D eigenvalue weighted by Crippen LogP contribution is -2.49. The Morgan fingerprint density at radius 3 is 2.58 bits per heavy atom. The maximum atomic E-state index is 11.6. The van der Waals surface area contributed by atoms with Crippen LogP contribution in [0.3, 0.4) is 0 Å². The Balaban J connectivity index is 2.03. The molecule has 1 saturated heterocycles. The van der Waals surface area contributed by atoms with E-state index < -0.39 is 18.6 Å². The van der Waals surface area contributed by atoms with E-state index in [9.17, 15) is 14.4 Å². The Bertz CT molecular complexity index is 511. The van der Waals surface area contributed by atoms with Crippen molar-refractivity contribution in [2.24, 2.45) is 0 Å². The Hall–Kier alpha value is -2.57. The molecule has 0 radical (unpaired) electrons. The van der Waals surface area contributed by atoms with Crippen molar-refractivity contribution in [3.05, 3.63) is 24.3 Å². The molecule has 0 bridgehead atoms. The highest BCUT2D eigenvalue weighted by atomic mass is 16.5. The fourth-order valence-electron chi connectivity index (χ4n) is 1.68. The van der Waals surface area contributed by atoms with Crippen LogP contribution in [0.5, 0.6) is 5.75 Å². The Kier molecular flexibility index (Phi) is 3.65. The second-order valence-electron chi connectivity index (χ2n) is 3.93. The first-order chi connectivity index (χ1) is 9.06. The lowest BCUT2D eigenvalue weighted by molar-refractivity contribution is -0.139. The number of hydrogen-bond donors (Lipinski definition) is 2. The van der Waals surface area contributed by atoms with E-state index >= 15 is 0 Å². The molecular weight excluding hydrogens is 252 g/mol. The van der Waals surface area contributed by atoms with Gasteiger partial charge in [-0.05, 0) is 24.3 Å². The normalized spacial score (nSPS) is 15.1. The van der Waals surface area contributed by atoms with E-state index in [1.165, 1.54) is 4.90 Å². The van der Waals surface area contributed by atoms with Crippen molar-refractivity contribution < 1.29 is 24.2 Å². The van der Waals surface area contributed by atoms with E-state index in [4.69, 9.17) is 9.84 Å². The standard InChI is InChI=1S/C12H12N2O5/c15-10-5-6-14(12(18)13-10)8-1-3-9(4-2-8)19-7-11(16)17/h1-4H,5-7H2,(H,16,17)(H,13,15,18). The van der Waals surface area contributed by atoms with Gasteiger partial charge in [0.2, 0.25) is 5.91 Å². The van der Waals surface area contributed by atoms with Crippen molar-refractivity contribution in [1.29, 1.82) is 0 Å². The van der Waals surface area contributed by atoms with Crippen molar-refractivity contribution in [2.45, 2.75) is 6.42 Å². The molecule has 100 valence electrons. The fourth-order valence-corrected chi connectivity index (χ4v) is 1.68. The third kappa shape index (κ3) is 3.21. The molecule has 0 aliphatic carbocycles. The van der Waals surface area contributed by atoms with E-state index in [0.29, 0.717) is 18.0 Å². The van der Waals surface area contributed by atoms with Gasteiger partial charge in [-0.15, -0.1) is 0 Å². The molecule has 0 saturated carbocycles. The van der Waals surface area contributed by atoms with E-state index in [0.717, 1.165) is 0 Å². The summed E-state index contributed by atoms with van der Waals surface area (Å²) in [5.41, 5.74) is 0.618. The zero-order chi connectivity index (χ0) is 13.8. The summed E-state index contributed by atoms with van der Waals surface area (Å²) in [5, 5.41) is 10.7. The molecule has 7 nitrogen and oxygen atoms in total. The SMILES string of the molecule is O=C(O)COc1ccc(N2CCC(=O)NC2=O)cc1. The number of benzene rings is 1. The van der Waals surface area contributed by atoms with Crippen molar-refractivity contribution >= 4 is 23.6 Å². The van der Waals surface area contributed by atoms with Crippen molar-refractivity contribution in [3.63, 3.8) is 0 Å². The number of ether oxygens (including phenoxy) is 1. The highest BCUT2D eigenvalue weighted by Gasteiger charge is 2.23. The highest BCUT2D eigenvalue weighted by Crippen LogP contribution is 2.21. The van der Waals surface area contributed by atoms with Gasteiger partial charge >= 0.3 is 12.0 Å². The van der Waals surface area contributed by atoms with Gasteiger partial charge in [0.05, 0.1) is 0 Å². The molecule has 7 heteroatoms. The predicted molar refractivity (Wildman–Crippen MR) is 65.1 cm³/mol. The van der Waals surface area contributed by atoms with Crippen LogP contribution in [0.2, 0.25) is 0 Å². The maximum absolute atomic E-state index is 11.6. The van der Waals surface area contributed by atoms with Gasteiger partial charge in [0, 0.05) is 18.7 Å². The number of carbonyl (C=O) groups is 3. The van der Waals surface area contributed by atoms with Gasteiger partial charge in [-0.2, -0.15) is 0 Å². The number of carboxylic acid groups (broad SMARTS) is 1. The van der Waals surface area contributed by atoms with Crippen molar-refractivity contribution in [3.8, 4) is 5.75 Å². The quantitative estimate of drug-likeness (QED) is 0.830. The maximum Gasteiger partial charge on any atom is 0.341 e. The summed E-state index contributed by atoms with van der Waals surface area (Å²) in [7, 11) is 0. The van der Waals surface area contributed by atoms with Crippen LogP contribution >= 0.6 is 0 Å². The third-order valence-corrected chi connectivity index (χ3v) is 2.56. The minimum absolute atomic E-state index is 0.253. The average Bonchev–Trinajstić information content (AvgIpc) is 2.37. The first-order valence-electron chi connectivity index (χ1n) is 5.62. The summed E-state index contributed by atoms with van der Waals surface area (Å²) >= 11 is 0. The second kappa shape index (κ2) is 5.38. The second-order valence-corrected chi connectivity index (χ2v) is 3.93. The molecule has 1 heterocycles. The Morgan fingerprint density at radius 1 is 1.32 bits per heavy atom. The van der Waals surface area contributed by atoms with Crippen LogP contribution in [0, 0.1) is 0 Å². The molecule has 0 atom stereocenters. The van der Waals surface area contributed by atoms with Gasteiger partial charge in [-0.3, -0.25) is 15.0 Å². The number of rotatable bonds is 4. The largest absolute Gasteiger partial charge is 0.482 e. The van der Waals surface area contributed by atoms with Gasteiger partial charge in [0.1, 0.15) is 5.75 Å². The molecule has 2 N–H and O–H groups in total. The zero-order valence-corrected chi connectivity index (χ0v) is 9.96. The first kappa shape index (κ1) is 12.9. The van der Waals surface area contributed by atoms with Gasteiger partial charge in [-0.25, -0.2) is 9.59 Å². The molecule has 0 unspecified atom stereocenters. The van der Waals surface area contributed by atoms with Gasteiger partial charge in [-0.1, -0.05) is 0 Å². The van der Waals surface area contributed by atoms with Crippen LogP contribution < -0.4 is 15.0 Å². The van der Waals surface area contributed by atoms with Gasteiger partial charge < -0.3 is 9.84 Å². The molecule has 1 fully saturated rings. The predicted octanol–water partition coefficient (Wildman–Crippen LogP) is 0.596. The number of hydrogen-bond acceptors (Lipinski definition) is 4. The number of nitrogens with one attached hydrogen (secondary N) is 1. The molecule has 1 aromatic carbocycles. The van der Waals surface area contributed by atoms with Crippen LogP contribution in [-0.4, -0.2) is 36.2 Å². The molecule has 1 aliphatic rings. The summed E-state index contributed by atoms with van der Waals surface area (Å²) < 4.78 is 4.98.